The van der Waals surface area contributed by atoms with E-state index < -0.39 is 0 Å². The van der Waals surface area contributed by atoms with E-state index in [0.29, 0.717) is 30.9 Å². The van der Waals surface area contributed by atoms with Gasteiger partial charge in [-0.3, -0.25) is 9.69 Å². The lowest BCUT2D eigenvalue weighted by Crippen LogP contribution is -2.39. The van der Waals surface area contributed by atoms with Gasteiger partial charge in [-0.25, -0.2) is 0 Å². The van der Waals surface area contributed by atoms with Gasteiger partial charge in [0.25, 0.3) is 0 Å². The van der Waals surface area contributed by atoms with Crippen LogP contribution < -0.4 is 11.1 Å². The first-order valence-electron chi connectivity index (χ1n) is 6.54. The molecule has 0 spiro atoms. The molecule has 106 valence electrons. The molecule has 0 aliphatic carbocycles. The molecule has 1 aromatic rings. The number of hydrogen-bond acceptors (Lipinski definition) is 4. The number of carbonyl (C=O) groups excluding carboxylic acids is 1. The minimum Gasteiger partial charge on any atom is -0.397 e. The highest BCUT2D eigenvalue weighted by Gasteiger charge is 2.14. The molecule has 0 aromatic heterocycles. The summed E-state index contributed by atoms with van der Waals surface area (Å²) < 4.78 is 0. The lowest BCUT2D eigenvalue weighted by Gasteiger charge is -2.25. The Balaban J connectivity index is 2.55. The minimum absolute atomic E-state index is 0.0930. The van der Waals surface area contributed by atoms with Crippen molar-refractivity contribution in [2.75, 3.05) is 30.7 Å². The van der Waals surface area contributed by atoms with Gasteiger partial charge < -0.3 is 16.2 Å². The Hall–Kier alpha value is -1.59. The molecular weight excluding hydrogens is 242 g/mol. The number of nitrogens with one attached hydrogen (secondary N) is 1. The molecule has 0 unspecified atom stereocenters. The van der Waals surface area contributed by atoms with E-state index in [4.69, 9.17) is 10.8 Å². The number of aliphatic hydroxyl groups excluding tert-OH is 1. The van der Waals surface area contributed by atoms with Gasteiger partial charge >= 0.3 is 0 Å². The highest BCUT2D eigenvalue weighted by Crippen LogP contribution is 2.16. The first-order valence-corrected chi connectivity index (χ1v) is 6.54. The van der Waals surface area contributed by atoms with E-state index in [1.807, 2.05) is 30.9 Å². The van der Waals surface area contributed by atoms with Crippen LogP contribution in [0, 0.1) is 0 Å². The minimum atomic E-state index is -0.0930. The summed E-state index contributed by atoms with van der Waals surface area (Å²) in [6.45, 7) is 5.19. The average Bonchev–Trinajstić information content (AvgIpc) is 2.37. The number of aliphatic hydroxyl groups is 1. The van der Waals surface area contributed by atoms with Gasteiger partial charge in [-0.15, -0.1) is 0 Å². The first kappa shape index (κ1) is 15.5. The van der Waals surface area contributed by atoms with Crippen LogP contribution in [0.3, 0.4) is 0 Å². The van der Waals surface area contributed by atoms with Gasteiger partial charge in [-0.05, 0) is 32.4 Å². The smallest absolute Gasteiger partial charge is 0.238 e. The number of nitrogen functional groups attached to an aromatic ring is 1. The van der Waals surface area contributed by atoms with Crippen molar-refractivity contribution in [1.29, 1.82) is 0 Å². The molecule has 0 fully saturated rings. The van der Waals surface area contributed by atoms with Gasteiger partial charge in [0.05, 0.1) is 17.9 Å². The number of rotatable bonds is 7. The van der Waals surface area contributed by atoms with Crippen LogP contribution >= 0.6 is 0 Å². The van der Waals surface area contributed by atoms with Gasteiger partial charge in [0.2, 0.25) is 5.91 Å². The largest absolute Gasteiger partial charge is 0.397 e. The molecule has 1 amide bonds. The molecule has 0 atom stereocenters. The zero-order chi connectivity index (χ0) is 14.3. The van der Waals surface area contributed by atoms with E-state index >= 15 is 0 Å². The normalized spacial score (nSPS) is 11.0. The second-order valence-electron chi connectivity index (χ2n) is 4.78. The summed E-state index contributed by atoms with van der Waals surface area (Å²) in [5.41, 5.74) is 6.97. The Morgan fingerprint density at radius 2 is 2.11 bits per heavy atom. The summed E-state index contributed by atoms with van der Waals surface area (Å²) in [6, 6.07) is 7.44. The van der Waals surface area contributed by atoms with Crippen molar-refractivity contribution < 1.29 is 9.90 Å². The van der Waals surface area contributed by atoms with Crippen molar-refractivity contribution in [2.45, 2.75) is 26.3 Å². The number of nitrogens with zero attached hydrogens (tertiary/aromatic N) is 1. The molecule has 19 heavy (non-hydrogen) atoms. The first-order chi connectivity index (χ1) is 9.04. The van der Waals surface area contributed by atoms with E-state index in [0.717, 1.165) is 0 Å². The lowest BCUT2D eigenvalue weighted by atomic mass is 10.2. The van der Waals surface area contributed by atoms with E-state index in [2.05, 4.69) is 5.32 Å². The highest BCUT2D eigenvalue weighted by atomic mass is 16.3. The third-order valence-electron chi connectivity index (χ3n) is 2.92. The number of carbonyl (C=O) groups is 1. The third-order valence-corrected chi connectivity index (χ3v) is 2.92. The summed E-state index contributed by atoms with van der Waals surface area (Å²) in [4.78, 5) is 14.0. The molecular formula is C14H23N3O2. The molecule has 0 radical (unpaired) electrons. The zero-order valence-corrected chi connectivity index (χ0v) is 11.6. The molecule has 1 aromatic carbocycles. The Morgan fingerprint density at radius 3 is 2.68 bits per heavy atom. The topological polar surface area (TPSA) is 78.6 Å². The summed E-state index contributed by atoms with van der Waals surface area (Å²) in [7, 11) is 0. The number of para-hydroxylation sites is 2. The van der Waals surface area contributed by atoms with Crippen molar-refractivity contribution in [3.63, 3.8) is 0 Å². The second kappa shape index (κ2) is 7.76. The van der Waals surface area contributed by atoms with Crippen molar-refractivity contribution in [3.8, 4) is 0 Å². The van der Waals surface area contributed by atoms with Crippen molar-refractivity contribution in [1.82, 2.24) is 4.90 Å². The maximum Gasteiger partial charge on any atom is 0.238 e. The van der Waals surface area contributed by atoms with Crippen LogP contribution in [0.5, 0.6) is 0 Å². The maximum absolute atomic E-state index is 12.0. The molecule has 0 aliphatic rings. The van der Waals surface area contributed by atoms with Crippen LogP contribution in [0.2, 0.25) is 0 Å². The van der Waals surface area contributed by atoms with E-state index in [9.17, 15) is 4.79 Å². The monoisotopic (exact) mass is 265 g/mol. The van der Waals surface area contributed by atoms with Crippen molar-refractivity contribution in [2.24, 2.45) is 0 Å². The second-order valence-corrected chi connectivity index (χ2v) is 4.78. The quantitative estimate of drug-likeness (QED) is 0.649. The van der Waals surface area contributed by atoms with E-state index in [-0.39, 0.29) is 18.6 Å². The van der Waals surface area contributed by atoms with Gasteiger partial charge in [0, 0.05) is 19.2 Å². The predicted molar refractivity (Wildman–Crippen MR) is 77.9 cm³/mol. The Kier molecular flexibility index (Phi) is 6.32. The Bertz CT molecular complexity index is 407. The molecule has 5 nitrogen and oxygen atoms in total. The third kappa shape index (κ3) is 5.28. The fourth-order valence-electron chi connectivity index (χ4n) is 1.78. The maximum atomic E-state index is 12.0. The van der Waals surface area contributed by atoms with Gasteiger partial charge in [-0.2, -0.15) is 0 Å². The fourth-order valence-corrected chi connectivity index (χ4v) is 1.78. The standard InChI is InChI=1S/C14H23N3O2/c1-11(2)17(8-5-9-18)10-14(19)16-13-7-4-3-6-12(13)15/h3-4,6-7,11,18H,5,8-10,15H2,1-2H3,(H,16,19). The van der Waals surface area contributed by atoms with E-state index in [1.54, 1.807) is 12.1 Å². The van der Waals surface area contributed by atoms with Crippen LogP contribution in [0.15, 0.2) is 24.3 Å². The van der Waals surface area contributed by atoms with Crippen LogP contribution in [-0.2, 0) is 4.79 Å². The molecule has 5 heteroatoms. The Labute approximate surface area is 114 Å². The summed E-state index contributed by atoms with van der Waals surface area (Å²) >= 11 is 0. The SMILES string of the molecule is CC(C)N(CCCO)CC(=O)Nc1ccccc1N. The van der Waals surface area contributed by atoms with Crippen molar-refractivity contribution in [3.05, 3.63) is 24.3 Å². The number of amides is 1. The molecule has 0 aliphatic heterocycles. The van der Waals surface area contributed by atoms with Crippen LogP contribution in [0.4, 0.5) is 11.4 Å². The lowest BCUT2D eigenvalue weighted by molar-refractivity contribution is -0.117. The molecule has 0 saturated carbocycles. The molecule has 1 rings (SSSR count). The average molecular weight is 265 g/mol. The van der Waals surface area contributed by atoms with Gasteiger partial charge in [-0.1, -0.05) is 12.1 Å². The molecule has 0 saturated heterocycles. The Morgan fingerprint density at radius 1 is 1.42 bits per heavy atom. The van der Waals surface area contributed by atoms with Crippen LogP contribution in [0.25, 0.3) is 0 Å². The number of anilines is 2. The van der Waals surface area contributed by atoms with Gasteiger partial charge in [0.15, 0.2) is 0 Å². The number of nitrogens with two attached hydrogens (primary N) is 1. The summed E-state index contributed by atoms with van der Waals surface area (Å²) in [6.07, 6.45) is 0.666. The number of benzene rings is 1. The van der Waals surface area contributed by atoms with E-state index in [1.165, 1.54) is 0 Å². The zero-order valence-electron chi connectivity index (χ0n) is 11.6. The summed E-state index contributed by atoms with van der Waals surface area (Å²) in [5.74, 6) is -0.0930. The molecule has 0 heterocycles. The highest BCUT2D eigenvalue weighted by molar-refractivity contribution is 5.95. The fraction of sp³-hybridized carbons (Fsp3) is 0.500. The van der Waals surface area contributed by atoms with Crippen molar-refractivity contribution >= 4 is 17.3 Å². The van der Waals surface area contributed by atoms with Crippen LogP contribution in [-0.4, -0.2) is 41.7 Å². The number of hydrogen-bond donors (Lipinski definition) is 3. The molecule has 0 bridgehead atoms. The molecule has 4 N–H and O–H groups in total. The summed E-state index contributed by atoms with van der Waals surface area (Å²) in [5, 5.41) is 11.7. The van der Waals surface area contributed by atoms with Crippen LogP contribution in [0.1, 0.15) is 20.3 Å². The predicted octanol–water partition coefficient (Wildman–Crippen LogP) is 1.30. The van der Waals surface area contributed by atoms with Gasteiger partial charge in [0.1, 0.15) is 0 Å².